The molecule has 13 heteroatoms. The highest BCUT2D eigenvalue weighted by Crippen LogP contribution is 2.51. The monoisotopic (exact) mass is 747 g/mol. The van der Waals surface area contributed by atoms with Gasteiger partial charge in [0.1, 0.15) is 23.7 Å². The van der Waals surface area contributed by atoms with E-state index in [1.165, 1.54) is 11.9 Å². The van der Waals surface area contributed by atoms with Crippen molar-refractivity contribution in [2.45, 2.75) is 58.6 Å². The second kappa shape index (κ2) is 17.5. The first-order chi connectivity index (χ1) is 26.5. The third kappa shape index (κ3) is 9.40. The van der Waals surface area contributed by atoms with E-state index in [1.807, 2.05) is 63.2 Å². The molecule has 0 bridgehead atoms. The summed E-state index contributed by atoms with van der Waals surface area (Å²) in [6.45, 7) is 11.9. The van der Waals surface area contributed by atoms with Crippen molar-refractivity contribution in [1.29, 1.82) is 5.41 Å². The minimum atomic E-state index is 0.0167. The number of benzene rings is 1. The summed E-state index contributed by atoms with van der Waals surface area (Å²) in [6.07, 6.45) is 9.42. The smallest absolute Gasteiger partial charge is 0.237 e. The van der Waals surface area contributed by atoms with Crippen LogP contribution in [0.15, 0.2) is 70.8 Å². The number of hydrogen-bond acceptors (Lipinski definition) is 10. The average molecular weight is 748 g/mol. The molecule has 2 aromatic heterocycles. The fourth-order valence-electron chi connectivity index (χ4n) is 7.90. The van der Waals surface area contributed by atoms with Crippen molar-refractivity contribution in [3.8, 4) is 5.88 Å². The number of nitrogens with one attached hydrogen (secondary N) is 1. The molecule has 2 fully saturated rings. The largest absolute Gasteiger partial charge is 0.475 e. The summed E-state index contributed by atoms with van der Waals surface area (Å²) in [6, 6.07) is 15.9. The third-order valence-corrected chi connectivity index (χ3v) is 11.1. The van der Waals surface area contributed by atoms with E-state index in [1.54, 1.807) is 12.3 Å². The summed E-state index contributed by atoms with van der Waals surface area (Å²) >= 11 is 0. The Bertz CT molecular complexity index is 1910. The number of amidine groups is 1. The number of likely N-dealkylation sites (N-methyl/N-ethyl adjacent to an activating group) is 1. The Morgan fingerprint density at radius 1 is 1.11 bits per heavy atom. The Labute approximate surface area is 325 Å². The highest BCUT2D eigenvalue weighted by atomic mass is 16.5. The summed E-state index contributed by atoms with van der Waals surface area (Å²) in [5.41, 5.74) is 17.7. The first-order valence-corrected chi connectivity index (χ1v) is 19.5. The predicted molar refractivity (Wildman–Crippen MR) is 222 cm³/mol. The van der Waals surface area contributed by atoms with Gasteiger partial charge in [-0.1, -0.05) is 30.3 Å². The van der Waals surface area contributed by atoms with Crippen molar-refractivity contribution < 1.29 is 9.53 Å². The Balaban J connectivity index is 1.03. The van der Waals surface area contributed by atoms with Gasteiger partial charge in [0.15, 0.2) is 0 Å². The number of carbonyl (C=O) groups is 1. The number of amides is 1. The maximum absolute atomic E-state index is 13.6. The van der Waals surface area contributed by atoms with Crippen LogP contribution in [0.3, 0.4) is 0 Å². The molecule has 1 saturated carbocycles. The lowest BCUT2D eigenvalue weighted by Gasteiger charge is -2.53. The van der Waals surface area contributed by atoms with Crippen molar-refractivity contribution in [1.82, 2.24) is 24.7 Å². The van der Waals surface area contributed by atoms with Crippen molar-refractivity contribution in [2.24, 2.45) is 21.1 Å². The summed E-state index contributed by atoms with van der Waals surface area (Å²) < 4.78 is 5.67. The number of hydrogen-bond donors (Lipinski definition) is 3. The molecule has 2 unspecified atom stereocenters. The molecule has 292 valence electrons. The normalized spacial score (nSPS) is 20.3. The predicted octanol–water partition coefficient (Wildman–Crippen LogP) is 4.55. The van der Waals surface area contributed by atoms with Crippen LogP contribution in [0.2, 0.25) is 0 Å². The third-order valence-electron chi connectivity index (χ3n) is 11.1. The summed E-state index contributed by atoms with van der Waals surface area (Å²) in [4.78, 5) is 40.2. The summed E-state index contributed by atoms with van der Waals surface area (Å²) in [5.74, 6) is 1.97. The van der Waals surface area contributed by atoms with E-state index in [0.29, 0.717) is 60.9 Å². The fourth-order valence-corrected chi connectivity index (χ4v) is 7.90. The van der Waals surface area contributed by atoms with E-state index in [4.69, 9.17) is 26.6 Å². The molecule has 1 aromatic carbocycles. The zero-order valence-corrected chi connectivity index (χ0v) is 33.0. The van der Waals surface area contributed by atoms with Gasteiger partial charge in [0.2, 0.25) is 11.8 Å². The van der Waals surface area contributed by atoms with Gasteiger partial charge >= 0.3 is 0 Å². The average Bonchev–Trinajstić information content (AvgIpc) is 3.62. The van der Waals surface area contributed by atoms with Gasteiger partial charge in [0, 0.05) is 67.6 Å². The van der Waals surface area contributed by atoms with Crippen LogP contribution in [0.25, 0.3) is 5.57 Å². The van der Waals surface area contributed by atoms with Crippen LogP contribution >= 0.6 is 0 Å². The topological polar surface area (TPSA) is 166 Å². The number of aliphatic imine (C=N–C) groups is 2. The maximum atomic E-state index is 13.6. The number of likely N-dealkylation sites (tertiary alicyclic amines) is 1. The molecule has 1 amide bonds. The molecule has 5 N–H and O–H groups in total. The molecule has 4 heterocycles. The molecular formula is C42H57N11O2. The number of nitrogen functional groups attached to an aromatic ring is 1. The van der Waals surface area contributed by atoms with E-state index in [-0.39, 0.29) is 23.1 Å². The number of pyridine rings is 2. The van der Waals surface area contributed by atoms with E-state index in [0.717, 1.165) is 68.8 Å². The van der Waals surface area contributed by atoms with Gasteiger partial charge in [-0.2, -0.15) is 0 Å². The van der Waals surface area contributed by atoms with Crippen molar-refractivity contribution in [3.05, 3.63) is 83.2 Å². The number of carbonyl (C=O) groups excluding carboxylic acids is 1. The highest BCUT2D eigenvalue weighted by molar-refractivity contribution is 6.12. The molecule has 55 heavy (non-hydrogen) atoms. The van der Waals surface area contributed by atoms with E-state index >= 15 is 0 Å². The summed E-state index contributed by atoms with van der Waals surface area (Å²) in [7, 11) is 4.02. The van der Waals surface area contributed by atoms with E-state index in [9.17, 15) is 4.79 Å². The van der Waals surface area contributed by atoms with Crippen LogP contribution in [0.4, 0.5) is 11.5 Å². The van der Waals surface area contributed by atoms with Gasteiger partial charge in [-0.3, -0.25) is 20.1 Å². The van der Waals surface area contributed by atoms with Gasteiger partial charge in [-0.15, -0.1) is 0 Å². The van der Waals surface area contributed by atoms with Crippen molar-refractivity contribution in [2.75, 3.05) is 77.1 Å². The molecule has 2 aliphatic heterocycles. The van der Waals surface area contributed by atoms with Gasteiger partial charge in [-0.25, -0.2) is 15.0 Å². The molecule has 3 aliphatic rings. The van der Waals surface area contributed by atoms with Crippen molar-refractivity contribution in [3.63, 3.8) is 0 Å². The first-order valence-electron chi connectivity index (χ1n) is 19.5. The molecule has 2 atom stereocenters. The minimum Gasteiger partial charge on any atom is -0.475 e. The number of ether oxygens (including phenoxy) is 1. The van der Waals surface area contributed by atoms with Crippen LogP contribution < -0.4 is 21.1 Å². The molecule has 0 radical (unpaired) electrons. The van der Waals surface area contributed by atoms with Gasteiger partial charge in [0.25, 0.3) is 0 Å². The molecule has 1 spiro atoms. The SMILES string of the molecule is CCN(c1ccc(N)c(C(=N)c2ccc(OC(C)C)nc2)n1)C1CCC12CCN(CC(=O)N1CC=C(c3ccc(C(N)=NC=NCCN(C)C)cc3)CC1)C2. The van der Waals surface area contributed by atoms with Crippen LogP contribution in [0, 0.1) is 10.8 Å². The standard InChI is InChI=1S/C42H57N11O2/c1-6-53(36-13-12-34(43)40(49-36)39(44)33-11-14-37(47-25-33)55-29(2)3)35-15-18-42(35)19-23-51(27-42)26-38(54)52-21-16-31(17-22-52)30-7-9-32(10-8-30)41(45)48-28-46-20-24-50(4)5/h7-14,16,25,28-29,35,44H,6,15,17-24,26-27,43H2,1-5H3,(H2,45,46,48). The Hall–Kier alpha value is -5.14. The van der Waals surface area contributed by atoms with Crippen LogP contribution in [-0.4, -0.2) is 127 Å². The van der Waals surface area contributed by atoms with Gasteiger partial charge in [0.05, 0.1) is 30.6 Å². The van der Waals surface area contributed by atoms with Crippen LogP contribution in [-0.2, 0) is 4.79 Å². The number of anilines is 2. The zero-order valence-electron chi connectivity index (χ0n) is 33.0. The maximum Gasteiger partial charge on any atom is 0.237 e. The summed E-state index contributed by atoms with van der Waals surface area (Å²) in [5, 5.41) is 8.93. The zero-order chi connectivity index (χ0) is 39.1. The number of nitrogens with zero attached hydrogens (tertiary/aromatic N) is 8. The minimum absolute atomic E-state index is 0.0167. The van der Waals surface area contributed by atoms with Gasteiger partial charge in [-0.05, 0) is 96.4 Å². The molecule has 6 rings (SSSR count). The molecular weight excluding hydrogens is 691 g/mol. The molecule has 13 nitrogen and oxygen atoms in total. The number of rotatable bonds is 15. The molecule has 3 aromatic rings. The highest BCUT2D eigenvalue weighted by Gasteiger charge is 2.53. The number of aromatic nitrogens is 2. The van der Waals surface area contributed by atoms with Gasteiger partial charge < -0.3 is 30.9 Å². The lowest BCUT2D eigenvalue weighted by molar-refractivity contribution is -0.131. The Morgan fingerprint density at radius 2 is 1.89 bits per heavy atom. The Kier molecular flexibility index (Phi) is 12.6. The molecule has 1 aliphatic carbocycles. The Morgan fingerprint density at radius 3 is 2.53 bits per heavy atom. The second-order valence-corrected chi connectivity index (χ2v) is 15.4. The lowest BCUT2D eigenvalue weighted by atomic mass is 9.63. The first kappa shape index (κ1) is 39.6. The van der Waals surface area contributed by atoms with E-state index in [2.05, 4.69) is 54.8 Å². The lowest BCUT2D eigenvalue weighted by Crippen LogP contribution is -2.57. The van der Waals surface area contributed by atoms with Crippen LogP contribution in [0.5, 0.6) is 5.88 Å². The van der Waals surface area contributed by atoms with Crippen molar-refractivity contribution >= 4 is 40.9 Å². The number of nitrogens with two attached hydrogens (primary N) is 2. The fraction of sp³-hybridized carbons (Fsp3) is 0.476. The molecule has 1 saturated heterocycles. The van der Waals surface area contributed by atoms with E-state index < -0.39 is 0 Å². The second-order valence-electron chi connectivity index (χ2n) is 15.4. The van der Waals surface area contributed by atoms with Crippen LogP contribution in [0.1, 0.15) is 68.8 Å². The quantitative estimate of drug-likeness (QED) is 0.149.